The van der Waals surface area contributed by atoms with Crippen LogP contribution in [0.2, 0.25) is 0 Å². The summed E-state index contributed by atoms with van der Waals surface area (Å²) in [5, 5.41) is 0. The van der Waals surface area contributed by atoms with E-state index in [9.17, 15) is 4.79 Å². The molecule has 0 aromatic carbocycles. The Bertz CT molecular complexity index is 338. The molecule has 0 unspecified atom stereocenters. The number of unbranched alkanes of at least 4 members (excludes halogenated alkanes) is 4. The Morgan fingerprint density at radius 3 is 2.79 bits per heavy atom. The number of carbonyl (C=O) groups is 1. The summed E-state index contributed by atoms with van der Waals surface area (Å²) in [4.78, 5) is 15.5. The van der Waals surface area contributed by atoms with Crippen molar-refractivity contribution in [1.82, 2.24) is 4.98 Å². The van der Waals surface area contributed by atoms with Gasteiger partial charge in [-0.25, -0.2) is 0 Å². The number of hydrogen-bond acceptors (Lipinski definition) is 3. The lowest BCUT2D eigenvalue weighted by Crippen LogP contribution is -2.06. The predicted molar refractivity (Wildman–Crippen MR) is 76.9 cm³/mol. The first-order valence-electron chi connectivity index (χ1n) is 7.37. The van der Waals surface area contributed by atoms with Gasteiger partial charge in [-0.1, -0.05) is 38.7 Å². The molecule has 0 aliphatic carbocycles. The molecule has 1 rings (SSSR count). The van der Waals surface area contributed by atoms with Crippen molar-refractivity contribution in [2.75, 3.05) is 6.61 Å². The first-order chi connectivity index (χ1) is 9.33. The van der Waals surface area contributed by atoms with Crippen LogP contribution in [0.15, 0.2) is 24.5 Å². The summed E-state index contributed by atoms with van der Waals surface area (Å²) in [6.45, 7) is 2.71. The van der Waals surface area contributed by atoms with Crippen LogP contribution in [0.5, 0.6) is 0 Å². The molecule has 0 radical (unpaired) electrons. The second-order valence-corrected chi connectivity index (χ2v) is 4.85. The van der Waals surface area contributed by atoms with Gasteiger partial charge in [-0.2, -0.15) is 0 Å². The molecule has 0 bridgehead atoms. The topological polar surface area (TPSA) is 39.2 Å². The van der Waals surface area contributed by atoms with Crippen molar-refractivity contribution in [1.29, 1.82) is 0 Å². The fraction of sp³-hybridized carbons (Fsp3) is 0.625. The Kier molecular flexibility index (Phi) is 8.69. The van der Waals surface area contributed by atoms with E-state index >= 15 is 0 Å². The van der Waals surface area contributed by atoms with Gasteiger partial charge < -0.3 is 4.74 Å². The van der Waals surface area contributed by atoms with Crippen LogP contribution < -0.4 is 0 Å². The van der Waals surface area contributed by atoms with Crippen molar-refractivity contribution < 1.29 is 9.53 Å². The van der Waals surface area contributed by atoms with Crippen LogP contribution in [0, 0.1) is 0 Å². The highest BCUT2D eigenvalue weighted by Crippen LogP contribution is 2.06. The molecule has 0 aliphatic rings. The van der Waals surface area contributed by atoms with E-state index in [1.165, 1.54) is 24.8 Å². The molecular weight excluding hydrogens is 238 g/mol. The molecule has 0 saturated carbocycles. The third-order valence-electron chi connectivity index (χ3n) is 3.08. The molecule has 3 heteroatoms. The lowest BCUT2D eigenvalue weighted by atomic mass is 10.1. The van der Waals surface area contributed by atoms with Crippen molar-refractivity contribution in [2.45, 2.75) is 58.3 Å². The van der Waals surface area contributed by atoms with Crippen LogP contribution in [-0.4, -0.2) is 17.6 Å². The molecule has 0 atom stereocenters. The maximum absolute atomic E-state index is 11.5. The van der Waals surface area contributed by atoms with Crippen LogP contribution in [0.1, 0.15) is 57.4 Å². The number of pyridine rings is 1. The van der Waals surface area contributed by atoms with Crippen LogP contribution in [0.4, 0.5) is 0 Å². The molecular formula is C16H25NO2. The van der Waals surface area contributed by atoms with Gasteiger partial charge in [-0.05, 0) is 30.9 Å². The highest BCUT2D eigenvalue weighted by atomic mass is 16.5. The van der Waals surface area contributed by atoms with Crippen molar-refractivity contribution in [3.05, 3.63) is 30.1 Å². The van der Waals surface area contributed by atoms with Gasteiger partial charge >= 0.3 is 5.97 Å². The van der Waals surface area contributed by atoms with Crippen molar-refractivity contribution in [2.24, 2.45) is 0 Å². The molecule has 19 heavy (non-hydrogen) atoms. The van der Waals surface area contributed by atoms with E-state index in [0.29, 0.717) is 13.0 Å². The van der Waals surface area contributed by atoms with E-state index in [0.717, 1.165) is 25.7 Å². The van der Waals surface area contributed by atoms with Crippen molar-refractivity contribution in [3.8, 4) is 0 Å². The smallest absolute Gasteiger partial charge is 0.305 e. The van der Waals surface area contributed by atoms with E-state index in [2.05, 4.69) is 11.9 Å². The molecule has 0 saturated heterocycles. The molecule has 0 spiro atoms. The highest BCUT2D eigenvalue weighted by molar-refractivity contribution is 5.69. The Labute approximate surface area is 116 Å². The predicted octanol–water partition coefficient (Wildman–Crippen LogP) is 3.92. The van der Waals surface area contributed by atoms with Gasteiger partial charge in [0.25, 0.3) is 0 Å². The van der Waals surface area contributed by atoms with Crippen LogP contribution in [-0.2, 0) is 16.0 Å². The van der Waals surface area contributed by atoms with Gasteiger partial charge in [0.1, 0.15) is 0 Å². The minimum absolute atomic E-state index is 0.0531. The van der Waals surface area contributed by atoms with Crippen molar-refractivity contribution in [3.63, 3.8) is 0 Å². The van der Waals surface area contributed by atoms with E-state index in [4.69, 9.17) is 4.74 Å². The SMILES string of the molecule is CCCCCCCC(=O)OCCCc1cccnc1. The van der Waals surface area contributed by atoms with E-state index in [1.54, 1.807) is 6.20 Å². The molecule has 106 valence electrons. The number of aromatic nitrogens is 1. The average molecular weight is 263 g/mol. The van der Waals surface area contributed by atoms with Crippen molar-refractivity contribution >= 4 is 5.97 Å². The van der Waals surface area contributed by atoms with Crippen LogP contribution >= 0.6 is 0 Å². The summed E-state index contributed by atoms with van der Waals surface area (Å²) in [5.41, 5.74) is 1.19. The zero-order valence-corrected chi connectivity index (χ0v) is 11.9. The summed E-state index contributed by atoms with van der Waals surface area (Å²) < 4.78 is 5.21. The summed E-state index contributed by atoms with van der Waals surface area (Å²) in [6, 6.07) is 3.97. The fourth-order valence-electron chi connectivity index (χ4n) is 1.95. The van der Waals surface area contributed by atoms with Crippen LogP contribution in [0.25, 0.3) is 0 Å². The lowest BCUT2D eigenvalue weighted by Gasteiger charge is -2.05. The van der Waals surface area contributed by atoms with E-state index < -0.39 is 0 Å². The summed E-state index contributed by atoms with van der Waals surface area (Å²) in [6.07, 6.45) is 11.8. The third kappa shape index (κ3) is 8.36. The Balaban J connectivity index is 1.95. The second-order valence-electron chi connectivity index (χ2n) is 4.85. The Hall–Kier alpha value is -1.38. The number of nitrogens with zero attached hydrogens (tertiary/aromatic N) is 1. The van der Waals surface area contributed by atoms with Gasteiger partial charge in [0.15, 0.2) is 0 Å². The minimum Gasteiger partial charge on any atom is -0.466 e. The van der Waals surface area contributed by atoms with Crippen LogP contribution in [0.3, 0.4) is 0 Å². The van der Waals surface area contributed by atoms with Gasteiger partial charge in [-0.3, -0.25) is 9.78 Å². The zero-order chi connectivity index (χ0) is 13.8. The summed E-state index contributed by atoms with van der Waals surface area (Å²) in [7, 11) is 0. The Morgan fingerprint density at radius 1 is 1.21 bits per heavy atom. The van der Waals surface area contributed by atoms with Gasteiger partial charge in [0.05, 0.1) is 6.61 Å². The molecule has 1 heterocycles. The maximum Gasteiger partial charge on any atom is 0.305 e. The normalized spacial score (nSPS) is 10.4. The molecule has 1 aromatic heterocycles. The second kappa shape index (κ2) is 10.5. The number of hydrogen-bond donors (Lipinski definition) is 0. The zero-order valence-electron chi connectivity index (χ0n) is 11.9. The monoisotopic (exact) mass is 263 g/mol. The van der Waals surface area contributed by atoms with E-state index in [-0.39, 0.29) is 5.97 Å². The lowest BCUT2D eigenvalue weighted by molar-refractivity contribution is -0.143. The minimum atomic E-state index is -0.0531. The quantitative estimate of drug-likeness (QED) is 0.474. The molecule has 1 aromatic rings. The average Bonchev–Trinajstić information content (AvgIpc) is 2.44. The number of aryl methyl sites for hydroxylation is 1. The molecule has 3 nitrogen and oxygen atoms in total. The molecule has 0 N–H and O–H groups in total. The Morgan fingerprint density at radius 2 is 2.05 bits per heavy atom. The number of rotatable bonds is 10. The number of ether oxygens (including phenoxy) is 1. The largest absolute Gasteiger partial charge is 0.466 e. The molecule has 0 aliphatic heterocycles. The molecule has 0 fully saturated rings. The molecule has 0 amide bonds. The fourth-order valence-corrected chi connectivity index (χ4v) is 1.95. The standard InChI is InChI=1S/C16H25NO2/c1-2-3-4-5-6-11-16(18)19-13-8-10-15-9-7-12-17-14-15/h7,9,12,14H,2-6,8,10-11,13H2,1H3. The number of esters is 1. The first-order valence-corrected chi connectivity index (χ1v) is 7.37. The number of carbonyl (C=O) groups excluding carboxylic acids is 1. The van der Waals surface area contributed by atoms with Gasteiger partial charge in [0, 0.05) is 18.8 Å². The maximum atomic E-state index is 11.5. The van der Waals surface area contributed by atoms with Gasteiger partial charge in [-0.15, -0.1) is 0 Å². The summed E-state index contributed by atoms with van der Waals surface area (Å²) >= 11 is 0. The van der Waals surface area contributed by atoms with E-state index in [1.807, 2.05) is 18.3 Å². The first kappa shape index (κ1) is 15.7. The van der Waals surface area contributed by atoms with Gasteiger partial charge in [0.2, 0.25) is 0 Å². The third-order valence-corrected chi connectivity index (χ3v) is 3.08. The summed E-state index contributed by atoms with van der Waals surface area (Å²) in [5.74, 6) is -0.0531. The highest BCUT2D eigenvalue weighted by Gasteiger charge is 2.02.